The summed E-state index contributed by atoms with van der Waals surface area (Å²) in [4.78, 5) is 28.4. The van der Waals surface area contributed by atoms with Crippen molar-refractivity contribution in [2.45, 2.75) is 39.3 Å². The summed E-state index contributed by atoms with van der Waals surface area (Å²) in [5, 5.41) is 2.98. The van der Waals surface area contributed by atoms with E-state index in [1.165, 1.54) is 0 Å². The van der Waals surface area contributed by atoms with E-state index >= 15 is 0 Å². The van der Waals surface area contributed by atoms with Gasteiger partial charge < -0.3 is 19.7 Å². The molecule has 0 saturated heterocycles. The van der Waals surface area contributed by atoms with Gasteiger partial charge in [0.25, 0.3) is 5.91 Å². The van der Waals surface area contributed by atoms with Crippen molar-refractivity contribution in [1.29, 1.82) is 0 Å². The molecule has 3 rings (SSSR count). The summed E-state index contributed by atoms with van der Waals surface area (Å²) >= 11 is 0. The number of aryl methyl sites for hydroxylation is 1. The Morgan fingerprint density at radius 1 is 0.886 bits per heavy atom. The van der Waals surface area contributed by atoms with Gasteiger partial charge in [-0.3, -0.25) is 9.59 Å². The molecule has 0 unspecified atom stereocenters. The van der Waals surface area contributed by atoms with Crippen LogP contribution in [0.15, 0.2) is 78.9 Å². The molecule has 0 aliphatic carbocycles. The Hall–Kier alpha value is -3.80. The molecule has 0 aliphatic heterocycles. The van der Waals surface area contributed by atoms with E-state index in [2.05, 4.69) is 5.32 Å². The molecule has 0 fully saturated rings. The molecule has 2 amide bonds. The third kappa shape index (κ3) is 7.88. The molecule has 3 aromatic carbocycles. The van der Waals surface area contributed by atoms with Gasteiger partial charge in [-0.2, -0.15) is 0 Å². The molecule has 0 radical (unpaired) electrons. The Kier molecular flexibility index (Phi) is 9.72. The van der Waals surface area contributed by atoms with Gasteiger partial charge >= 0.3 is 0 Å². The summed E-state index contributed by atoms with van der Waals surface area (Å²) in [6.45, 7) is 4.71. The molecule has 1 N–H and O–H groups in total. The Balaban J connectivity index is 1.86. The van der Waals surface area contributed by atoms with Gasteiger partial charge in [0.1, 0.15) is 17.5 Å². The minimum Gasteiger partial charge on any atom is -0.497 e. The standard InChI is InChI=1S/C29H34N2O4/c1-4-18-30-29(33)27(19-23-8-6-5-7-9-23)31(20-24-12-10-22(2)11-13-24)28(32)21-35-26-16-14-25(34-3)15-17-26/h5-17,27H,4,18-21H2,1-3H3,(H,30,33)/t27-/m0/s1. The average molecular weight is 475 g/mol. The molecule has 6 heteroatoms. The number of methoxy groups -OCH3 is 1. The van der Waals surface area contributed by atoms with E-state index in [0.29, 0.717) is 31.0 Å². The number of amides is 2. The average Bonchev–Trinajstić information content (AvgIpc) is 2.89. The highest BCUT2D eigenvalue weighted by atomic mass is 16.5. The van der Waals surface area contributed by atoms with Gasteiger partial charge in [-0.15, -0.1) is 0 Å². The monoisotopic (exact) mass is 474 g/mol. The Morgan fingerprint density at radius 2 is 1.54 bits per heavy atom. The van der Waals surface area contributed by atoms with Crippen molar-refractivity contribution < 1.29 is 19.1 Å². The van der Waals surface area contributed by atoms with Crippen molar-refractivity contribution in [2.24, 2.45) is 0 Å². The van der Waals surface area contributed by atoms with Gasteiger partial charge in [-0.25, -0.2) is 0 Å². The molecular formula is C29H34N2O4. The zero-order chi connectivity index (χ0) is 25.0. The lowest BCUT2D eigenvalue weighted by molar-refractivity contribution is -0.142. The van der Waals surface area contributed by atoms with Gasteiger partial charge in [-0.05, 0) is 48.7 Å². The van der Waals surface area contributed by atoms with Crippen molar-refractivity contribution in [3.05, 3.63) is 95.6 Å². The molecule has 0 aromatic heterocycles. The number of carbonyl (C=O) groups excluding carboxylic acids is 2. The van der Waals surface area contributed by atoms with Gasteiger partial charge in [0.05, 0.1) is 7.11 Å². The summed E-state index contributed by atoms with van der Waals surface area (Å²) in [6.07, 6.45) is 1.23. The van der Waals surface area contributed by atoms with Crippen molar-refractivity contribution in [2.75, 3.05) is 20.3 Å². The Bertz CT molecular complexity index is 1070. The summed E-state index contributed by atoms with van der Waals surface area (Å²) in [5.74, 6) is 0.847. The van der Waals surface area contributed by atoms with Crippen LogP contribution in [0.1, 0.15) is 30.0 Å². The van der Waals surface area contributed by atoms with Gasteiger partial charge in [0.15, 0.2) is 6.61 Å². The van der Waals surface area contributed by atoms with Crippen LogP contribution in [0.3, 0.4) is 0 Å². The number of ether oxygens (including phenoxy) is 2. The second-order valence-corrected chi connectivity index (χ2v) is 8.47. The minimum absolute atomic E-state index is 0.166. The van der Waals surface area contributed by atoms with Crippen LogP contribution in [0, 0.1) is 6.92 Å². The quantitative estimate of drug-likeness (QED) is 0.418. The van der Waals surface area contributed by atoms with Crippen molar-refractivity contribution >= 4 is 11.8 Å². The third-order valence-electron chi connectivity index (χ3n) is 5.72. The maximum absolute atomic E-state index is 13.5. The molecule has 0 aliphatic rings. The predicted molar refractivity (Wildman–Crippen MR) is 137 cm³/mol. The van der Waals surface area contributed by atoms with E-state index in [1.807, 2.05) is 68.4 Å². The lowest BCUT2D eigenvalue weighted by atomic mass is 10.0. The van der Waals surface area contributed by atoms with Crippen molar-refractivity contribution in [1.82, 2.24) is 10.2 Å². The first-order chi connectivity index (χ1) is 17.0. The van der Waals surface area contributed by atoms with E-state index in [4.69, 9.17) is 9.47 Å². The molecule has 0 saturated carbocycles. The summed E-state index contributed by atoms with van der Waals surface area (Å²) < 4.78 is 11.0. The van der Waals surface area contributed by atoms with Gasteiger partial charge in [0.2, 0.25) is 5.91 Å². The van der Waals surface area contributed by atoms with E-state index in [0.717, 1.165) is 23.1 Å². The number of benzene rings is 3. The van der Waals surface area contributed by atoms with E-state index in [1.54, 1.807) is 36.3 Å². The van der Waals surface area contributed by atoms with Crippen LogP contribution >= 0.6 is 0 Å². The number of hydrogen-bond donors (Lipinski definition) is 1. The number of carbonyl (C=O) groups is 2. The first-order valence-electron chi connectivity index (χ1n) is 11.9. The molecule has 0 heterocycles. The lowest BCUT2D eigenvalue weighted by Gasteiger charge is -2.31. The van der Waals surface area contributed by atoms with E-state index < -0.39 is 6.04 Å². The summed E-state index contributed by atoms with van der Waals surface area (Å²) in [5.41, 5.74) is 3.08. The largest absolute Gasteiger partial charge is 0.497 e. The second-order valence-electron chi connectivity index (χ2n) is 8.47. The molecule has 35 heavy (non-hydrogen) atoms. The zero-order valence-electron chi connectivity index (χ0n) is 20.7. The van der Waals surface area contributed by atoms with Crippen LogP contribution in [-0.2, 0) is 22.6 Å². The number of hydrogen-bond acceptors (Lipinski definition) is 4. The maximum Gasteiger partial charge on any atom is 0.261 e. The first-order valence-corrected chi connectivity index (χ1v) is 11.9. The topological polar surface area (TPSA) is 67.9 Å². The number of nitrogens with one attached hydrogen (secondary N) is 1. The van der Waals surface area contributed by atoms with Crippen LogP contribution in [0.2, 0.25) is 0 Å². The minimum atomic E-state index is -0.669. The van der Waals surface area contributed by atoms with Crippen molar-refractivity contribution in [3.8, 4) is 11.5 Å². The lowest BCUT2D eigenvalue weighted by Crippen LogP contribution is -2.51. The van der Waals surface area contributed by atoms with Crippen LogP contribution < -0.4 is 14.8 Å². The first kappa shape index (κ1) is 25.8. The molecule has 1 atom stereocenters. The highest BCUT2D eigenvalue weighted by Gasteiger charge is 2.30. The van der Waals surface area contributed by atoms with Gasteiger partial charge in [-0.1, -0.05) is 67.1 Å². The fourth-order valence-electron chi connectivity index (χ4n) is 3.71. The normalized spacial score (nSPS) is 11.4. The zero-order valence-corrected chi connectivity index (χ0v) is 20.7. The fourth-order valence-corrected chi connectivity index (χ4v) is 3.71. The molecule has 3 aromatic rings. The van der Waals surface area contributed by atoms with Crippen LogP contribution in [0.25, 0.3) is 0 Å². The van der Waals surface area contributed by atoms with E-state index in [-0.39, 0.29) is 18.4 Å². The molecule has 0 spiro atoms. The molecule has 0 bridgehead atoms. The van der Waals surface area contributed by atoms with Crippen LogP contribution in [0.5, 0.6) is 11.5 Å². The number of nitrogens with zero attached hydrogens (tertiary/aromatic N) is 1. The Morgan fingerprint density at radius 3 is 2.17 bits per heavy atom. The maximum atomic E-state index is 13.5. The third-order valence-corrected chi connectivity index (χ3v) is 5.72. The predicted octanol–water partition coefficient (Wildman–Crippen LogP) is 4.55. The molecule has 184 valence electrons. The smallest absolute Gasteiger partial charge is 0.261 e. The van der Waals surface area contributed by atoms with Crippen LogP contribution in [0.4, 0.5) is 0 Å². The molecular weight excluding hydrogens is 440 g/mol. The Labute approximate surface area is 207 Å². The molecule has 6 nitrogen and oxygen atoms in total. The fraction of sp³-hybridized carbons (Fsp3) is 0.310. The van der Waals surface area contributed by atoms with Gasteiger partial charge in [0, 0.05) is 19.5 Å². The SMILES string of the molecule is CCCNC(=O)[C@H](Cc1ccccc1)N(Cc1ccc(C)cc1)C(=O)COc1ccc(OC)cc1. The summed E-state index contributed by atoms with van der Waals surface area (Å²) in [7, 11) is 1.60. The number of rotatable bonds is 12. The van der Waals surface area contributed by atoms with Crippen molar-refractivity contribution in [3.63, 3.8) is 0 Å². The second kappa shape index (κ2) is 13.2. The highest BCUT2D eigenvalue weighted by Crippen LogP contribution is 2.19. The highest BCUT2D eigenvalue weighted by molar-refractivity contribution is 5.88. The summed E-state index contributed by atoms with van der Waals surface area (Å²) in [6, 6.07) is 24.2. The van der Waals surface area contributed by atoms with E-state index in [9.17, 15) is 9.59 Å². The van der Waals surface area contributed by atoms with Crippen LogP contribution in [-0.4, -0.2) is 43.0 Å².